The monoisotopic (exact) mass is 332 g/mol. The molecule has 1 saturated heterocycles. The van der Waals surface area contributed by atoms with Crippen molar-refractivity contribution in [2.24, 2.45) is 5.92 Å². The molecule has 1 fully saturated rings. The van der Waals surface area contributed by atoms with Crippen LogP contribution in [0, 0.1) is 5.92 Å². The van der Waals surface area contributed by atoms with Gasteiger partial charge in [-0.15, -0.1) is 0 Å². The first kappa shape index (κ1) is 18.7. The molecule has 0 saturated carbocycles. The summed E-state index contributed by atoms with van der Waals surface area (Å²) >= 11 is 0. The van der Waals surface area contributed by atoms with Gasteiger partial charge in [0.15, 0.2) is 0 Å². The third kappa shape index (κ3) is 6.13. The van der Waals surface area contributed by atoms with Crippen molar-refractivity contribution in [1.29, 1.82) is 0 Å². The van der Waals surface area contributed by atoms with Gasteiger partial charge in [-0.1, -0.05) is 32.0 Å². The van der Waals surface area contributed by atoms with Crippen LogP contribution in [0.5, 0.6) is 0 Å². The van der Waals surface area contributed by atoms with Gasteiger partial charge in [0.2, 0.25) is 5.91 Å². The van der Waals surface area contributed by atoms with Gasteiger partial charge in [-0.05, 0) is 30.5 Å². The Balaban J connectivity index is 1.62. The fraction of sp³-hybridized carbons (Fsp3) is 0.632. The van der Waals surface area contributed by atoms with Crippen LogP contribution in [0.25, 0.3) is 0 Å². The molecule has 1 aliphatic heterocycles. The highest BCUT2D eigenvalue weighted by Gasteiger charge is 2.17. The second-order valence-electron chi connectivity index (χ2n) is 6.84. The maximum absolute atomic E-state index is 12.0. The van der Waals surface area contributed by atoms with E-state index >= 15 is 0 Å². The van der Waals surface area contributed by atoms with E-state index in [2.05, 4.69) is 29.0 Å². The highest BCUT2D eigenvalue weighted by molar-refractivity contribution is 5.76. The summed E-state index contributed by atoms with van der Waals surface area (Å²) in [5, 5.41) is 3.06. The molecule has 0 radical (unpaired) electrons. The normalized spacial score (nSPS) is 17.6. The molecule has 0 aromatic heterocycles. The van der Waals surface area contributed by atoms with Crippen molar-refractivity contribution in [2.75, 3.05) is 51.5 Å². The van der Waals surface area contributed by atoms with Gasteiger partial charge >= 0.3 is 0 Å². The van der Waals surface area contributed by atoms with Crippen LogP contribution in [0.3, 0.4) is 0 Å². The fourth-order valence-corrected chi connectivity index (χ4v) is 3.18. The number of nitrogen functional groups attached to an aromatic ring is 1. The molecule has 1 amide bonds. The van der Waals surface area contributed by atoms with Crippen molar-refractivity contribution in [3.8, 4) is 0 Å². The summed E-state index contributed by atoms with van der Waals surface area (Å²) in [6.45, 7) is 12.0. The molecular weight excluding hydrogens is 300 g/mol. The maximum Gasteiger partial charge on any atom is 0.220 e. The highest BCUT2D eigenvalue weighted by Crippen LogP contribution is 2.12. The number of aryl methyl sites for hydroxylation is 1. The number of likely N-dealkylation sites (N-methyl/N-ethyl adjacent to an activating group) is 1. The predicted molar refractivity (Wildman–Crippen MR) is 99.9 cm³/mol. The third-order valence-corrected chi connectivity index (χ3v) is 4.81. The molecule has 1 aliphatic rings. The number of rotatable bonds is 8. The van der Waals surface area contributed by atoms with E-state index in [-0.39, 0.29) is 5.91 Å². The number of hydrogen-bond acceptors (Lipinski definition) is 4. The predicted octanol–water partition coefficient (Wildman–Crippen LogP) is 1.59. The summed E-state index contributed by atoms with van der Waals surface area (Å²) in [5.41, 5.74) is 7.73. The molecule has 24 heavy (non-hydrogen) atoms. The van der Waals surface area contributed by atoms with Crippen LogP contribution in [0.15, 0.2) is 24.3 Å². The molecule has 3 N–H and O–H groups in total. The summed E-state index contributed by atoms with van der Waals surface area (Å²) in [6, 6.07) is 7.75. The Morgan fingerprint density at radius 3 is 2.54 bits per heavy atom. The number of piperazine rings is 1. The number of para-hydroxylation sites is 1. The Morgan fingerprint density at radius 1 is 1.21 bits per heavy atom. The summed E-state index contributed by atoms with van der Waals surface area (Å²) in [6.07, 6.45) is 1.20. The second kappa shape index (κ2) is 9.64. The molecule has 5 heteroatoms. The van der Waals surface area contributed by atoms with Gasteiger partial charge in [0, 0.05) is 51.4 Å². The van der Waals surface area contributed by atoms with Crippen molar-refractivity contribution >= 4 is 11.6 Å². The molecule has 2 rings (SSSR count). The van der Waals surface area contributed by atoms with Crippen molar-refractivity contribution in [1.82, 2.24) is 15.1 Å². The van der Waals surface area contributed by atoms with Crippen LogP contribution in [-0.4, -0.2) is 61.5 Å². The molecule has 1 heterocycles. The number of anilines is 1. The standard InChI is InChI=1S/C19H32N4O/c1-3-22-10-12-23(13-11-22)15-16(2)14-21-19(24)9-8-17-6-4-5-7-18(17)20/h4-7,16H,3,8-15,20H2,1-2H3,(H,21,24). The number of hydrogen-bond donors (Lipinski definition) is 2. The summed E-state index contributed by atoms with van der Waals surface area (Å²) in [4.78, 5) is 17.0. The summed E-state index contributed by atoms with van der Waals surface area (Å²) < 4.78 is 0. The number of carbonyl (C=O) groups is 1. The minimum atomic E-state index is 0.112. The van der Waals surface area contributed by atoms with Crippen LogP contribution in [-0.2, 0) is 11.2 Å². The van der Waals surface area contributed by atoms with Gasteiger partial charge in [0.25, 0.3) is 0 Å². The summed E-state index contributed by atoms with van der Waals surface area (Å²) in [5.74, 6) is 0.588. The SMILES string of the molecule is CCN1CCN(CC(C)CNC(=O)CCc2ccccc2N)CC1. The van der Waals surface area contributed by atoms with Crippen molar-refractivity contribution in [3.63, 3.8) is 0 Å². The summed E-state index contributed by atoms with van der Waals surface area (Å²) in [7, 11) is 0. The van der Waals surface area contributed by atoms with Crippen LogP contribution >= 0.6 is 0 Å². The van der Waals surface area contributed by atoms with Gasteiger partial charge in [-0.3, -0.25) is 4.79 Å². The molecule has 1 aromatic rings. The zero-order valence-corrected chi connectivity index (χ0v) is 15.1. The molecule has 134 valence electrons. The number of nitrogens with two attached hydrogens (primary N) is 1. The van der Waals surface area contributed by atoms with Gasteiger partial charge in [0.1, 0.15) is 0 Å². The molecule has 0 bridgehead atoms. The Kier molecular flexibility index (Phi) is 7.53. The number of nitrogens with one attached hydrogen (secondary N) is 1. The smallest absolute Gasteiger partial charge is 0.220 e. The van der Waals surface area contributed by atoms with Crippen molar-refractivity contribution in [3.05, 3.63) is 29.8 Å². The average molecular weight is 332 g/mol. The van der Waals surface area contributed by atoms with E-state index in [1.165, 1.54) is 0 Å². The number of benzene rings is 1. The average Bonchev–Trinajstić information content (AvgIpc) is 2.60. The van der Waals surface area contributed by atoms with Gasteiger partial charge in [0.05, 0.1) is 0 Å². The molecule has 1 atom stereocenters. The van der Waals surface area contributed by atoms with E-state index in [0.717, 1.165) is 57.1 Å². The molecule has 0 aliphatic carbocycles. The largest absolute Gasteiger partial charge is 0.399 e. The first-order valence-corrected chi connectivity index (χ1v) is 9.13. The Bertz CT molecular complexity index is 512. The van der Waals surface area contributed by atoms with Crippen LogP contribution in [0.2, 0.25) is 0 Å². The van der Waals surface area contributed by atoms with Crippen molar-refractivity contribution in [2.45, 2.75) is 26.7 Å². The first-order chi connectivity index (χ1) is 11.6. The van der Waals surface area contributed by atoms with E-state index < -0.39 is 0 Å². The number of amides is 1. The van der Waals surface area contributed by atoms with Gasteiger partial charge in [-0.2, -0.15) is 0 Å². The van der Waals surface area contributed by atoms with E-state index in [9.17, 15) is 4.79 Å². The first-order valence-electron chi connectivity index (χ1n) is 9.13. The number of carbonyl (C=O) groups excluding carboxylic acids is 1. The minimum absolute atomic E-state index is 0.112. The lowest BCUT2D eigenvalue weighted by Gasteiger charge is -2.35. The van der Waals surface area contributed by atoms with Crippen LogP contribution in [0.4, 0.5) is 5.69 Å². The molecular formula is C19H32N4O. The van der Waals surface area contributed by atoms with E-state index in [0.29, 0.717) is 18.8 Å². The molecule has 0 spiro atoms. The Hall–Kier alpha value is -1.59. The zero-order chi connectivity index (χ0) is 17.4. The molecule has 1 aromatic carbocycles. The lowest BCUT2D eigenvalue weighted by molar-refractivity contribution is -0.121. The maximum atomic E-state index is 12.0. The van der Waals surface area contributed by atoms with E-state index in [1.807, 2.05) is 24.3 Å². The lowest BCUT2D eigenvalue weighted by Crippen LogP contribution is -2.48. The van der Waals surface area contributed by atoms with E-state index in [1.54, 1.807) is 0 Å². The topological polar surface area (TPSA) is 61.6 Å². The third-order valence-electron chi connectivity index (χ3n) is 4.81. The quantitative estimate of drug-likeness (QED) is 0.710. The highest BCUT2D eigenvalue weighted by atomic mass is 16.1. The minimum Gasteiger partial charge on any atom is -0.399 e. The zero-order valence-electron chi connectivity index (χ0n) is 15.1. The van der Waals surface area contributed by atoms with Gasteiger partial charge in [-0.25, -0.2) is 0 Å². The Morgan fingerprint density at radius 2 is 1.88 bits per heavy atom. The molecule has 5 nitrogen and oxygen atoms in total. The van der Waals surface area contributed by atoms with Gasteiger partial charge < -0.3 is 20.9 Å². The van der Waals surface area contributed by atoms with Crippen molar-refractivity contribution < 1.29 is 4.79 Å². The van der Waals surface area contributed by atoms with Crippen LogP contribution < -0.4 is 11.1 Å². The van der Waals surface area contributed by atoms with Crippen LogP contribution in [0.1, 0.15) is 25.8 Å². The van der Waals surface area contributed by atoms with E-state index in [4.69, 9.17) is 5.73 Å². The Labute approximate surface area is 146 Å². The molecule has 1 unspecified atom stereocenters. The lowest BCUT2D eigenvalue weighted by atomic mass is 10.1. The second-order valence-corrected chi connectivity index (χ2v) is 6.84. The number of nitrogens with zero attached hydrogens (tertiary/aromatic N) is 2. The fourth-order valence-electron chi connectivity index (χ4n) is 3.18.